The number of hydrogen-bond donors (Lipinski definition) is 0. The highest BCUT2D eigenvalue weighted by Gasteiger charge is 2.67. The van der Waals surface area contributed by atoms with E-state index in [2.05, 4.69) is 98.7 Å². The third-order valence-corrected chi connectivity index (χ3v) is 22.1. The van der Waals surface area contributed by atoms with Crippen molar-refractivity contribution in [2.75, 3.05) is 20.3 Å². The molecule has 5 heterocycles. The lowest BCUT2D eigenvalue weighted by molar-refractivity contribution is -0.345. The van der Waals surface area contributed by atoms with E-state index in [9.17, 15) is 4.79 Å². The largest absolute Gasteiger partial charge is 0.497 e. The van der Waals surface area contributed by atoms with Crippen molar-refractivity contribution in [3.05, 3.63) is 138 Å². The SMILES string of the molecule is COc1ccc(CO[C@@H]2C[C@]3(C)O[C@@H]4CO[Si](C(C)(C)C)(C(C)(C)C)O[C@H]4C[C@H]3O[C@@]2(C)CC[C@H]2O[C@]3(C)[C@@H](CC2=O)O[C@@](C)(CCOCc2ccccc2)[C@H](OCc2ccccc2)[C@@H]3OCc2ccccc2)cc1. The van der Waals surface area contributed by atoms with Gasteiger partial charge in [-0.05, 0) is 74.9 Å². The Morgan fingerprint density at radius 3 is 1.73 bits per heavy atom. The molecule has 4 aromatic rings. The van der Waals surface area contributed by atoms with Crippen molar-refractivity contribution in [1.29, 1.82) is 0 Å². The molecule has 0 bridgehead atoms. The van der Waals surface area contributed by atoms with Crippen LogP contribution in [0.15, 0.2) is 115 Å². The Labute approximate surface area is 447 Å². The summed E-state index contributed by atoms with van der Waals surface area (Å²) in [4.78, 5) is 14.8. The minimum atomic E-state index is -2.80. The highest BCUT2D eigenvalue weighted by Crippen LogP contribution is 2.57. The minimum Gasteiger partial charge on any atom is -0.497 e. The summed E-state index contributed by atoms with van der Waals surface area (Å²) >= 11 is 0. The van der Waals surface area contributed by atoms with E-state index in [4.69, 9.17) is 51.5 Å². The maximum atomic E-state index is 14.8. The summed E-state index contributed by atoms with van der Waals surface area (Å²) < 4.78 is 76.1. The molecule has 75 heavy (non-hydrogen) atoms. The van der Waals surface area contributed by atoms with Gasteiger partial charge in [-0.3, -0.25) is 4.79 Å². The molecule has 13 heteroatoms. The van der Waals surface area contributed by atoms with E-state index in [1.807, 2.05) is 85.8 Å². The Morgan fingerprint density at radius 2 is 1.15 bits per heavy atom. The number of benzene rings is 4. The van der Waals surface area contributed by atoms with Gasteiger partial charge in [-0.1, -0.05) is 145 Å². The van der Waals surface area contributed by atoms with Crippen LogP contribution in [-0.4, -0.2) is 106 Å². The molecule has 0 unspecified atom stereocenters. The number of hydrogen-bond acceptors (Lipinski definition) is 12. The highest BCUT2D eigenvalue weighted by atomic mass is 28.4. The van der Waals surface area contributed by atoms with Crippen LogP contribution in [-0.2, 0) is 78.0 Å². The number of carbonyl (C=O) groups excluding carboxylic acids is 1. The van der Waals surface area contributed by atoms with Gasteiger partial charge in [-0.2, -0.15) is 0 Å². The number of methoxy groups -OCH3 is 1. The molecule has 5 saturated heterocycles. The van der Waals surface area contributed by atoms with Crippen molar-refractivity contribution in [2.45, 2.75) is 216 Å². The summed E-state index contributed by atoms with van der Waals surface area (Å²) in [5.74, 6) is 0.762. The molecular formula is C62H84O12Si. The second-order valence-electron chi connectivity index (χ2n) is 24.7. The maximum Gasteiger partial charge on any atom is 0.349 e. The first kappa shape index (κ1) is 55.9. The molecule has 4 aromatic carbocycles. The van der Waals surface area contributed by atoms with Gasteiger partial charge in [0.15, 0.2) is 5.78 Å². The molecule has 0 N–H and O–H groups in total. The lowest BCUT2D eigenvalue weighted by atomic mass is 9.72. The van der Waals surface area contributed by atoms with Crippen molar-refractivity contribution in [2.24, 2.45) is 0 Å². The zero-order chi connectivity index (χ0) is 53.3. The molecule has 0 radical (unpaired) electrons. The van der Waals surface area contributed by atoms with Crippen LogP contribution in [0.25, 0.3) is 0 Å². The van der Waals surface area contributed by atoms with E-state index < -0.39 is 61.5 Å². The number of ether oxygens (including phenoxy) is 9. The first-order valence-electron chi connectivity index (χ1n) is 27.4. The fourth-order valence-corrected chi connectivity index (χ4v) is 17.7. The Morgan fingerprint density at radius 1 is 0.600 bits per heavy atom. The van der Waals surface area contributed by atoms with Gasteiger partial charge in [-0.15, -0.1) is 0 Å². The van der Waals surface area contributed by atoms with E-state index >= 15 is 0 Å². The third-order valence-electron chi connectivity index (χ3n) is 16.9. The van der Waals surface area contributed by atoms with E-state index in [1.54, 1.807) is 7.11 Å². The van der Waals surface area contributed by atoms with Crippen molar-refractivity contribution < 1.29 is 56.3 Å². The summed E-state index contributed by atoms with van der Waals surface area (Å²) in [5, 5.41) is -0.361. The van der Waals surface area contributed by atoms with Crippen molar-refractivity contribution in [1.82, 2.24) is 0 Å². The number of Topliss-reactive ketones (excluding diaryl/α,β-unsaturated/α-hetero) is 1. The number of fused-ring (bicyclic) bond motifs is 3. The molecule has 0 aliphatic carbocycles. The molecule has 0 amide bonds. The summed E-state index contributed by atoms with van der Waals surface area (Å²) in [7, 11) is -1.13. The Bertz CT molecular complexity index is 2470. The van der Waals surface area contributed by atoms with Gasteiger partial charge in [0.05, 0.1) is 81.4 Å². The fourth-order valence-electron chi connectivity index (χ4n) is 12.7. The van der Waals surface area contributed by atoms with Crippen LogP contribution in [0.4, 0.5) is 0 Å². The van der Waals surface area contributed by atoms with Crippen LogP contribution in [0.2, 0.25) is 10.1 Å². The second-order valence-corrected chi connectivity index (χ2v) is 29.5. The molecule has 5 aliphatic heterocycles. The number of carbonyl (C=O) groups is 1. The third kappa shape index (κ3) is 12.0. The van der Waals surface area contributed by atoms with Gasteiger partial charge < -0.3 is 51.5 Å². The Hall–Kier alpha value is -3.83. The molecular weight excluding hydrogens is 965 g/mol. The average Bonchev–Trinajstić information content (AvgIpc) is 3.38. The molecule has 0 spiro atoms. The van der Waals surface area contributed by atoms with E-state index in [0.29, 0.717) is 71.7 Å². The predicted molar refractivity (Wildman–Crippen MR) is 290 cm³/mol. The van der Waals surface area contributed by atoms with Gasteiger partial charge in [0, 0.05) is 42.4 Å². The van der Waals surface area contributed by atoms with Crippen LogP contribution in [0.3, 0.4) is 0 Å². The summed E-state index contributed by atoms with van der Waals surface area (Å²) in [6.07, 6.45) is -1.04. The summed E-state index contributed by atoms with van der Waals surface area (Å²) in [6, 6.07) is 38.4. The van der Waals surface area contributed by atoms with Crippen molar-refractivity contribution in [3.63, 3.8) is 0 Å². The minimum absolute atomic E-state index is 0.0179. The van der Waals surface area contributed by atoms with Crippen LogP contribution < -0.4 is 4.74 Å². The first-order chi connectivity index (χ1) is 35.7. The smallest absolute Gasteiger partial charge is 0.349 e. The zero-order valence-electron chi connectivity index (χ0n) is 46.5. The fraction of sp³-hybridized carbons (Fsp3) is 0.597. The van der Waals surface area contributed by atoms with Crippen LogP contribution >= 0.6 is 0 Å². The monoisotopic (exact) mass is 1050 g/mol. The quantitative estimate of drug-likeness (QED) is 0.0697. The normalized spacial score (nSPS) is 33.7. The lowest BCUT2D eigenvalue weighted by Gasteiger charge is -2.61. The Kier molecular flexibility index (Phi) is 16.8. The molecule has 5 fully saturated rings. The van der Waals surface area contributed by atoms with E-state index in [0.717, 1.165) is 28.0 Å². The Balaban J connectivity index is 0.988. The van der Waals surface area contributed by atoms with Gasteiger partial charge in [-0.25, -0.2) is 0 Å². The zero-order valence-corrected chi connectivity index (χ0v) is 47.5. The molecule has 12 nitrogen and oxygen atoms in total. The predicted octanol–water partition coefficient (Wildman–Crippen LogP) is 12.0. The highest BCUT2D eigenvalue weighted by molar-refractivity contribution is 6.73. The van der Waals surface area contributed by atoms with Crippen molar-refractivity contribution >= 4 is 14.3 Å². The molecule has 408 valence electrons. The molecule has 0 aromatic heterocycles. The molecule has 12 atom stereocenters. The van der Waals surface area contributed by atoms with Crippen LogP contribution in [0.1, 0.15) is 130 Å². The molecule has 0 saturated carbocycles. The van der Waals surface area contributed by atoms with Gasteiger partial charge in [0.1, 0.15) is 35.8 Å². The number of rotatable bonds is 18. The average molecular weight is 1050 g/mol. The topological polar surface area (TPSA) is 119 Å². The van der Waals surface area contributed by atoms with Gasteiger partial charge in [0.25, 0.3) is 0 Å². The first-order valence-corrected chi connectivity index (χ1v) is 29.2. The van der Waals surface area contributed by atoms with Gasteiger partial charge >= 0.3 is 8.56 Å². The summed E-state index contributed by atoms with van der Waals surface area (Å²) in [5.41, 5.74) is 0.636. The number of ketones is 1. The summed E-state index contributed by atoms with van der Waals surface area (Å²) in [6.45, 7) is 24.2. The standard InChI is InChI=1S/C62H84O12Si/c1-57(2,3)75(58(4,5)6)69-42-51-50(74-75)36-52-61(9,70-51)37-54(66-39-46-27-29-47(64-11)30-28-46)59(7,72-52)32-31-49-48(63)35-53-62(10,71-49)56(68-41-45-25-19-14-20-26-45)55(67-40-44-23-17-13-18-24-44)60(8,73-53)33-34-65-38-43-21-15-12-16-22-43/h12-30,49-56H,31-42H2,1-11H3/t49-,50+,51-,52-,53-,54-,55-,56+,59+,60+,61+,62-/m1/s1. The maximum absolute atomic E-state index is 14.8. The van der Waals surface area contributed by atoms with E-state index in [1.165, 1.54) is 0 Å². The lowest BCUT2D eigenvalue weighted by Crippen LogP contribution is -2.73. The van der Waals surface area contributed by atoms with Crippen LogP contribution in [0.5, 0.6) is 5.75 Å². The molecule has 5 aliphatic rings. The van der Waals surface area contributed by atoms with Gasteiger partial charge in [0.2, 0.25) is 0 Å². The molecule has 9 rings (SSSR count). The van der Waals surface area contributed by atoms with Crippen molar-refractivity contribution in [3.8, 4) is 5.75 Å². The second kappa shape index (κ2) is 22.5. The van der Waals surface area contributed by atoms with E-state index in [-0.39, 0.29) is 40.6 Å². The van der Waals surface area contributed by atoms with Crippen LogP contribution in [0, 0.1) is 0 Å².